The van der Waals surface area contributed by atoms with Gasteiger partial charge in [-0.25, -0.2) is 9.97 Å². The van der Waals surface area contributed by atoms with Crippen LogP contribution in [-0.4, -0.2) is 21.2 Å². The van der Waals surface area contributed by atoms with Gasteiger partial charge in [-0.15, -0.1) is 11.3 Å². The highest BCUT2D eigenvalue weighted by atomic mass is 32.1. The molecule has 0 aliphatic heterocycles. The van der Waals surface area contributed by atoms with E-state index in [-0.39, 0.29) is 5.92 Å². The second kappa shape index (κ2) is 3.49. The fourth-order valence-electron chi connectivity index (χ4n) is 1.08. The van der Waals surface area contributed by atoms with Crippen molar-refractivity contribution in [1.82, 2.24) is 15.0 Å². The predicted molar refractivity (Wildman–Crippen MR) is 48.6 cm³/mol. The fourth-order valence-corrected chi connectivity index (χ4v) is 1.77. The molecule has 2 aromatic heterocycles. The topological polar surface area (TPSA) is 58.6 Å². The van der Waals surface area contributed by atoms with E-state index in [1.165, 1.54) is 11.3 Å². The van der Waals surface area contributed by atoms with Crippen LogP contribution in [0.15, 0.2) is 24.0 Å². The first kappa shape index (κ1) is 8.12. The molecule has 1 atom stereocenters. The Morgan fingerprint density at radius 3 is 2.92 bits per heavy atom. The lowest BCUT2D eigenvalue weighted by Crippen LogP contribution is -2.03. The molecule has 0 aliphatic carbocycles. The maximum atomic E-state index is 10.8. The van der Waals surface area contributed by atoms with Crippen LogP contribution in [0.25, 0.3) is 0 Å². The van der Waals surface area contributed by atoms with Crippen LogP contribution in [0.3, 0.4) is 0 Å². The zero-order valence-corrected chi connectivity index (χ0v) is 7.49. The Bertz CT molecular complexity index is 334. The first-order valence-corrected chi connectivity index (χ1v) is 4.63. The van der Waals surface area contributed by atoms with Crippen molar-refractivity contribution < 1.29 is 4.79 Å². The van der Waals surface area contributed by atoms with Gasteiger partial charge < -0.3 is 9.78 Å². The third-order valence-corrected chi connectivity index (χ3v) is 2.53. The Morgan fingerprint density at radius 2 is 2.38 bits per heavy atom. The molecule has 5 heteroatoms. The van der Waals surface area contributed by atoms with E-state index in [0.717, 1.165) is 11.3 Å². The monoisotopic (exact) mass is 193 g/mol. The average molecular weight is 193 g/mol. The van der Waals surface area contributed by atoms with Crippen molar-refractivity contribution in [3.63, 3.8) is 0 Å². The minimum atomic E-state index is -0.352. The zero-order chi connectivity index (χ0) is 9.10. The highest BCUT2D eigenvalue weighted by Gasteiger charge is 2.17. The summed E-state index contributed by atoms with van der Waals surface area (Å²) in [5, 5.41) is 2.61. The lowest BCUT2D eigenvalue weighted by Gasteiger charge is -2.01. The van der Waals surface area contributed by atoms with Crippen LogP contribution in [0.4, 0.5) is 0 Å². The Morgan fingerprint density at radius 1 is 1.46 bits per heavy atom. The van der Waals surface area contributed by atoms with E-state index < -0.39 is 0 Å². The van der Waals surface area contributed by atoms with Gasteiger partial charge in [-0.05, 0) is 0 Å². The zero-order valence-electron chi connectivity index (χ0n) is 6.68. The van der Waals surface area contributed by atoms with Crippen molar-refractivity contribution in [2.45, 2.75) is 5.92 Å². The number of nitrogens with one attached hydrogen (secondary N) is 1. The quantitative estimate of drug-likeness (QED) is 0.745. The Hall–Kier alpha value is -1.49. The minimum Gasteiger partial charge on any atom is -0.348 e. The van der Waals surface area contributed by atoms with Gasteiger partial charge in [-0.3, -0.25) is 0 Å². The summed E-state index contributed by atoms with van der Waals surface area (Å²) >= 11 is 1.45. The number of rotatable bonds is 3. The molecule has 0 spiro atoms. The molecule has 1 unspecified atom stereocenters. The van der Waals surface area contributed by atoms with Gasteiger partial charge in [-0.2, -0.15) is 0 Å². The van der Waals surface area contributed by atoms with E-state index >= 15 is 0 Å². The molecule has 0 amide bonds. The summed E-state index contributed by atoms with van der Waals surface area (Å²) in [7, 11) is 0. The van der Waals surface area contributed by atoms with E-state index in [2.05, 4.69) is 15.0 Å². The molecule has 0 radical (unpaired) electrons. The minimum absolute atomic E-state index is 0.352. The Labute approximate surface area is 78.7 Å². The van der Waals surface area contributed by atoms with Crippen LogP contribution in [-0.2, 0) is 4.79 Å². The summed E-state index contributed by atoms with van der Waals surface area (Å²) in [5.41, 5.74) is 0. The van der Waals surface area contributed by atoms with Gasteiger partial charge in [0, 0.05) is 24.0 Å². The van der Waals surface area contributed by atoms with E-state index in [1.807, 2.05) is 5.38 Å². The van der Waals surface area contributed by atoms with Crippen molar-refractivity contribution >= 4 is 17.6 Å². The number of hydrogen-bond acceptors (Lipinski definition) is 4. The molecule has 13 heavy (non-hydrogen) atoms. The average Bonchev–Trinajstić information content (AvgIpc) is 2.76. The molecule has 0 aromatic carbocycles. The summed E-state index contributed by atoms with van der Waals surface area (Å²) in [6.45, 7) is 0. The van der Waals surface area contributed by atoms with Crippen LogP contribution >= 0.6 is 11.3 Å². The molecule has 4 nitrogen and oxygen atoms in total. The normalized spacial score (nSPS) is 12.6. The number of aromatic amines is 1. The molecule has 1 N–H and O–H groups in total. The predicted octanol–water partition coefficient (Wildman–Crippen LogP) is 1.20. The van der Waals surface area contributed by atoms with Crippen molar-refractivity contribution in [3.05, 3.63) is 34.8 Å². The summed E-state index contributed by atoms with van der Waals surface area (Å²) in [6.07, 6.45) is 5.84. The third-order valence-electron chi connectivity index (χ3n) is 1.67. The number of hydrogen-bond donors (Lipinski definition) is 1. The highest BCUT2D eigenvalue weighted by Crippen LogP contribution is 2.20. The summed E-state index contributed by atoms with van der Waals surface area (Å²) < 4.78 is 0. The second-order valence-electron chi connectivity index (χ2n) is 2.46. The highest BCUT2D eigenvalue weighted by molar-refractivity contribution is 7.09. The standard InChI is InChI=1S/C8H7N3OS/c12-5-6(7-9-1-2-10-7)8-11-3-4-13-8/h1-6H,(H,9,10). The number of H-pyrrole nitrogens is 1. The molecule has 0 fully saturated rings. The molecular formula is C8H7N3OS. The molecule has 66 valence electrons. The summed E-state index contributed by atoms with van der Waals surface area (Å²) in [5.74, 6) is 0.292. The third kappa shape index (κ3) is 1.50. The van der Waals surface area contributed by atoms with Crippen molar-refractivity contribution in [3.8, 4) is 0 Å². The van der Waals surface area contributed by atoms with Gasteiger partial charge in [0.05, 0.1) is 0 Å². The van der Waals surface area contributed by atoms with Crippen molar-refractivity contribution in [1.29, 1.82) is 0 Å². The van der Waals surface area contributed by atoms with Crippen LogP contribution in [0.2, 0.25) is 0 Å². The van der Waals surface area contributed by atoms with Gasteiger partial charge >= 0.3 is 0 Å². The maximum Gasteiger partial charge on any atom is 0.137 e. The summed E-state index contributed by atoms with van der Waals surface area (Å²) in [6, 6.07) is 0. The number of thiazole rings is 1. The van der Waals surface area contributed by atoms with Gasteiger partial charge in [0.2, 0.25) is 0 Å². The lowest BCUT2D eigenvalue weighted by atomic mass is 10.2. The van der Waals surface area contributed by atoms with E-state index in [4.69, 9.17) is 0 Å². The number of aromatic nitrogens is 3. The first-order valence-electron chi connectivity index (χ1n) is 3.76. The number of imidazole rings is 1. The fraction of sp³-hybridized carbons (Fsp3) is 0.125. The van der Waals surface area contributed by atoms with Crippen LogP contribution in [0.1, 0.15) is 16.7 Å². The van der Waals surface area contributed by atoms with E-state index in [1.54, 1.807) is 18.6 Å². The second-order valence-corrected chi connectivity index (χ2v) is 3.38. The molecule has 0 saturated heterocycles. The van der Waals surface area contributed by atoms with E-state index in [9.17, 15) is 4.79 Å². The molecule has 0 bridgehead atoms. The van der Waals surface area contributed by atoms with Crippen molar-refractivity contribution in [2.75, 3.05) is 0 Å². The Kier molecular flexibility index (Phi) is 2.18. The van der Waals surface area contributed by atoms with Crippen LogP contribution < -0.4 is 0 Å². The molecular weight excluding hydrogens is 186 g/mol. The number of aldehydes is 1. The molecule has 0 saturated carbocycles. The number of carbonyl (C=O) groups is 1. The largest absolute Gasteiger partial charge is 0.348 e. The SMILES string of the molecule is O=CC(c1ncc[nH]1)c1nccs1. The first-order chi connectivity index (χ1) is 6.42. The maximum absolute atomic E-state index is 10.8. The smallest absolute Gasteiger partial charge is 0.137 e. The van der Waals surface area contributed by atoms with Crippen LogP contribution in [0.5, 0.6) is 0 Å². The van der Waals surface area contributed by atoms with Crippen LogP contribution in [0, 0.1) is 0 Å². The molecule has 2 rings (SSSR count). The lowest BCUT2D eigenvalue weighted by molar-refractivity contribution is -0.108. The van der Waals surface area contributed by atoms with Crippen molar-refractivity contribution in [2.24, 2.45) is 0 Å². The molecule has 0 aliphatic rings. The van der Waals surface area contributed by atoms with Gasteiger partial charge in [0.25, 0.3) is 0 Å². The number of carbonyl (C=O) groups excluding carboxylic acids is 1. The van der Waals surface area contributed by atoms with Gasteiger partial charge in [0.1, 0.15) is 23.0 Å². The van der Waals surface area contributed by atoms with Gasteiger partial charge in [-0.1, -0.05) is 0 Å². The number of nitrogens with zero attached hydrogens (tertiary/aromatic N) is 2. The molecule has 2 heterocycles. The van der Waals surface area contributed by atoms with Gasteiger partial charge in [0.15, 0.2) is 0 Å². The Balaban J connectivity index is 2.35. The van der Waals surface area contributed by atoms with E-state index in [0.29, 0.717) is 5.82 Å². The summed E-state index contributed by atoms with van der Waals surface area (Å²) in [4.78, 5) is 21.8. The molecule has 2 aromatic rings.